The van der Waals surface area contributed by atoms with E-state index >= 15 is 0 Å². The first kappa shape index (κ1) is 25.6. The Kier molecular flexibility index (Phi) is 8.54. The molecule has 2 amide bonds. The number of nitrogens with zero attached hydrogens (tertiary/aromatic N) is 1. The first-order valence-corrected chi connectivity index (χ1v) is 13.2. The van der Waals surface area contributed by atoms with E-state index in [-0.39, 0.29) is 24.3 Å². The number of ether oxygens (including phenoxy) is 1. The van der Waals surface area contributed by atoms with Crippen molar-refractivity contribution in [3.63, 3.8) is 0 Å². The molecule has 0 unspecified atom stereocenters. The normalized spacial score (nSPS) is 14.6. The van der Waals surface area contributed by atoms with Gasteiger partial charge in [-0.25, -0.2) is 4.79 Å². The summed E-state index contributed by atoms with van der Waals surface area (Å²) >= 11 is 1.52. The second-order valence-electron chi connectivity index (χ2n) is 9.17. The molecule has 1 heterocycles. The largest absolute Gasteiger partial charge is 0.465 e. The maximum absolute atomic E-state index is 13.9. The molecule has 0 saturated heterocycles. The molecule has 4 rings (SSSR count). The summed E-state index contributed by atoms with van der Waals surface area (Å²) in [4.78, 5) is 42.4. The van der Waals surface area contributed by atoms with Crippen LogP contribution in [0.4, 0.5) is 5.69 Å². The number of amides is 2. The molecule has 188 valence electrons. The predicted molar refractivity (Wildman–Crippen MR) is 142 cm³/mol. The van der Waals surface area contributed by atoms with E-state index in [9.17, 15) is 14.4 Å². The summed E-state index contributed by atoms with van der Waals surface area (Å²) in [6.07, 6.45) is 5.42. The first-order valence-electron chi connectivity index (χ1n) is 12.4. The van der Waals surface area contributed by atoms with Crippen molar-refractivity contribution in [2.45, 2.75) is 57.5 Å². The van der Waals surface area contributed by atoms with E-state index in [0.717, 1.165) is 36.1 Å². The molecule has 0 radical (unpaired) electrons. The number of rotatable bonds is 8. The summed E-state index contributed by atoms with van der Waals surface area (Å²) in [6, 6.07) is 17.4. The highest BCUT2D eigenvalue weighted by molar-refractivity contribution is 7.10. The van der Waals surface area contributed by atoms with Crippen LogP contribution < -0.4 is 10.2 Å². The lowest BCUT2D eigenvalue weighted by molar-refractivity contribution is -0.127. The summed E-state index contributed by atoms with van der Waals surface area (Å²) in [6.45, 7) is 1.94. The van der Waals surface area contributed by atoms with Gasteiger partial charge in [0.1, 0.15) is 6.04 Å². The SMILES string of the molecule is COC(=O)c1ccc([C@@H](C(=O)NC2CCCCC2)N(C(=O)Cc2cccs2)c2ccccc2C)cc1. The van der Waals surface area contributed by atoms with E-state index < -0.39 is 12.0 Å². The number of carbonyl (C=O) groups excluding carboxylic acids is 3. The van der Waals surface area contributed by atoms with Crippen LogP contribution in [0, 0.1) is 6.92 Å². The molecule has 1 aromatic heterocycles. The third-order valence-electron chi connectivity index (χ3n) is 6.65. The van der Waals surface area contributed by atoms with Gasteiger partial charge in [-0.1, -0.05) is 55.7 Å². The van der Waals surface area contributed by atoms with Crippen LogP contribution in [0.25, 0.3) is 0 Å². The van der Waals surface area contributed by atoms with Crippen molar-refractivity contribution < 1.29 is 19.1 Å². The highest BCUT2D eigenvalue weighted by Gasteiger charge is 2.35. The molecule has 1 aliphatic rings. The fourth-order valence-electron chi connectivity index (χ4n) is 4.76. The Labute approximate surface area is 216 Å². The molecular formula is C29H32N2O4S. The molecular weight excluding hydrogens is 472 g/mol. The predicted octanol–water partition coefficient (Wildman–Crippen LogP) is 5.61. The zero-order valence-electron chi connectivity index (χ0n) is 20.7. The summed E-state index contributed by atoms with van der Waals surface area (Å²) in [7, 11) is 1.33. The lowest BCUT2D eigenvalue weighted by Gasteiger charge is -2.34. The van der Waals surface area contributed by atoms with Crippen LogP contribution in [0.1, 0.15) is 64.5 Å². The molecule has 1 N–H and O–H groups in total. The monoisotopic (exact) mass is 504 g/mol. The molecule has 7 heteroatoms. The van der Waals surface area contributed by atoms with E-state index in [1.54, 1.807) is 29.2 Å². The fourth-order valence-corrected chi connectivity index (χ4v) is 5.46. The molecule has 1 saturated carbocycles. The van der Waals surface area contributed by atoms with Gasteiger partial charge in [-0.2, -0.15) is 0 Å². The number of hydrogen-bond donors (Lipinski definition) is 1. The molecule has 0 spiro atoms. The number of thiophene rings is 1. The Hall–Kier alpha value is -3.45. The van der Waals surface area contributed by atoms with E-state index in [2.05, 4.69) is 5.32 Å². The molecule has 0 aliphatic heterocycles. The molecule has 1 aliphatic carbocycles. The molecule has 2 aromatic carbocycles. The minimum Gasteiger partial charge on any atom is -0.465 e. The number of para-hydroxylation sites is 1. The number of hydrogen-bond acceptors (Lipinski definition) is 5. The summed E-state index contributed by atoms with van der Waals surface area (Å²) in [5, 5.41) is 5.17. The Balaban J connectivity index is 1.77. The van der Waals surface area contributed by atoms with Crippen molar-refractivity contribution in [2.24, 2.45) is 0 Å². The number of esters is 1. The number of methoxy groups -OCH3 is 1. The zero-order valence-corrected chi connectivity index (χ0v) is 21.6. The van der Waals surface area contributed by atoms with Gasteiger partial charge in [0, 0.05) is 16.6 Å². The Morgan fingerprint density at radius 2 is 1.72 bits per heavy atom. The highest BCUT2D eigenvalue weighted by atomic mass is 32.1. The molecule has 1 atom stereocenters. The summed E-state index contributed by atoms with van der Waals surface area (Å²) in [5.41, 5.74) is 2.62. The van der Waals surface area contributed by atoms with Gasteiger partial charge in [0.25, 0.3) is 0 Å². The summed E-state index contributed by atoms with van der Waals surface area (Å²) in [5.74, 6) is -0.822. The van der Waals surface area contributed by atoms with Gasteiger partial charge in [-0.05, 0) is 60.5 Å². The van der Waals surface area contributed by atoms with E-state index in [4.69, 9.17) is 4.74 Å². The lowest BCUT2D eigenvalue weighted by Crippen LogP contribution is -2.48. The second kappa shape index (κ2) is 12.0. The van der Waals surface area contributed by atoms with Gasteiger partial charge in [0.05, 0.1) is 19.1 Å². The van der Waals surface area contributed by atoms with Crippen LogP contribution >= 0.6 is 11.3 Å². The van der Waals surface area contributed by atoms with Crippen LogP contribution in [-0.2, 0) is 20.7 Å². The van der Waals surface area contributed by atoms with E-state index in [1.807, 2.05) is 48.7 Å². The second-order valence-corrected chi connectivity index (χ2v) is 10.2. The molecule has 0 bridgehead atoms. The minimum absolute atomic E-state index is 0.0919. The van der Waals surface area contributed by atoms with Gasteiger partial charge in [-0.15, -0.1) is 11.3 Å². The van der Waals surface area contributed by atoms with Crippen LogP contribution in [0.3, 0.4) is 0 Å². The van der Waals surface area contributed by atoms with Gasteiger partial charge < -0.3 is 10.1 Å². The van der Waals surface area contributed by atoms with Crippen molar-refractivity contribution >= 4 is 34.8 Å². The van der Waals surface area contributed by atoms with Crippen molar-refractivity contribution in [2.75, 3.05) is 12.0 Å². The van der Waals surface area contributed by atoms with Crippen LogP contribution in [0.2, 0.25) is 0 Å². The van der Waals surface area contributed by atoms with Crippen molar-refractivity contribution in [1.82, 2.24) is 5.32 Å². The standard InChI is InChI=1S/C29H32N2O4S/c1-20-9-6-7-13-25(20)31(26(32)19-24-12-8-18-36-24)27(28(33)30-23-10-4-3-5-11-23)21-14-16-22(17-15-21)29(34)35-2/h6-9,12-18,23,27H,3-5,10-11,19H2,1-2H3,(H,30,33)/t27-/m0/s1. The fraction of sp³-hybridized carbons (Fsp3) is 0.345. The molecule has 36 heavy (non-hydrogen) atoms. The Bertz CT molecular complexity index is 1180. The van der Waals surface area contributed by atoms with E-state index in [1.165, 1.54) is 24.9 Å². The van der Waals surface area contributed by atoms with Crippen LogP contribution in [0.15, 0.2) is 66.0 Å². The lowest BCUT2D eigenvalue weighted by atomic mass is 9.94. The Morgan fingerprint density at radius 1 is 1.00 bits per heavy atom. The average Bonchev–Trinajstić information content (AvgIpc) is 3.41. The molecule has 3 aromatic rings. The number of aryl methyl sites for hydroxylation is 1. The zero-order chi connectivity index (χ0) is 25.5. The third-order valence-corrected chi connectivity index (χ3v) is 7.53. The van der Waals surface area contributed by atoms with Crippen LogP contribution in [0.5, 0.6) is 0 Å². The third kappa shape index (κ3) is 6.02. The van der Waals surface area contributed by atoms with Gasteiger partial charge in [0.15, 0.2) is 0 Å². The quantitative estimate of drug-likeness (QED) is 0.405. The van der Waals surface area contributed by atoms with Gasteiger partial charge >= 0.3 is 5.97 Å². The van der Waals surface area contributed by atoms with Gasteiger partial charge in [0.2, 0.25) is 11.8 Å². The number of anilines is 1. The van der Waals surface area contributed by atoms with Gasteiger partial charge in [-0.3, -0.25) is 14.5 Å². The number of nitrogens with one attached hydrogen (secondary N) is 1. The van der Waals surface area contributed by atoms with E-state index in [0.29, 0.717) is 16.8 Å². The molecule has 6 nitrogen and oxygen atoms in total. The maximum atomic E-state index is 13.9. The first-order chi connectivity index (χ1) is 17.5. The summed E-state index contributed by atoms with van der Waals surface area (Å²) < 4.78 is 4.83. The average molecular weight is 505 g/mol. The highest BCUT2D eigenvalue weighted by Crippen LogP contribution is 2.32. The van der Waals surface area contributed by atoms with Crippen molar-refractivity contribution in [3.8, 4) is 0 Å². The Morgan fingerprint density at radius 3 is 2.36 bits per heavy atom. The number of carbonyl (C=O) groups is 3. The number of benzene rings is 2. The van der Waals surface area contributed by atoms with Crippen molar-refractivity contribution in [3.05, 3.63) is 87.6 Å². The minimum atomic E-state index is -0.882. The topological polar surface area (TPSA) is 75.7 Å². The maximum Gasteiger partial charge on any atom is 0.337 e. The van der Waals surface area contributed by atoms with Crippen LogP contribution in [-0.4, -0.2) is 30.9 Å². The molecule has 1 fully saturated rings. The van der Waals surface area contributed by atoms with Crippen molar-refractivity contribution in [1.29, 1.82) is 0 Å². The smallest absolute Gasteiger partial charge is 0.337 e.